The zero-order valence-corrected chi connectivity index (χ0v) is 12.0. The first-order chi connectivity index (χ1) is 10.8. The Hall–Kier alpha value is -3.02. The summed E-state index contributed by atoms with van der Waals surface area (Å²) in [5, 5.41) is 11.4. The summed E-state index contributed by atoms with van der Waals surface area (Å²) in [7, 11) is 0. The molecule has 0 aliphatic carbocycles. The lowest BCUT2D eigenvalue weighted by Crippen LogP contribution is -2.14. The Morgan fingerprint density at radius 1 is 1.18 bits per heavy atom. The molecule has 3 rings (SSSR count). The van der Waals surface area contributed by atoms with Crippen molar-refractivity contribution in [2.24, 2.45) is 0 Å². The van der Waals surface area contributed by atoms with Crippen molar-refractivity contribution in [3.8, 4) is 5.88 Å². The predicted octanol–water partition coefficient (Wildman–Crippen LogP) is 2.68. The lowest BCUT2D eigenvalue weighted by molar-refractivity contribution is 0.102. The number of fused-ring (bicyclic) bond motifs is 1. The van der Waals surface area contributed by atoms with E-state index in [2.05, 4.69) is 20.5 Å². The van der Waals surface area contributed by atoms with E-state index in [1.807, 2.05) is 31.2 Å². The van der Waals surface area contributed by atoms with Gasteiger partial charge in [0.05, 0.1) is 12.1 Å². The molecular weight excluding hydrogens is 280 g/mol. The van der Waals surface area contributed by atoms with Crippen molar-refractivity contribution in [3.05, 3.63) is 54.4 Å². The Kier molecular flexibility index (Phi) is 3.91. The fourth-order valence-corrected chi connectivity index (χ4v) is 2.01. The van der Waals surface area contributed by atoms with Gasteiger partial charge < -0.3 is 10.1 Å². The van der Waals surface area contributed by atoms with Gasteiger partial charge in [-0.2, -0.15) is 0 Å². The zero-order chi connectivity index (χ0) is 15.4. The number of carbonyl (C=O) groups is 1. The molecule has 1 N–H and O–H groups in total. The van der Waals surface area contributed by atoms with Gasteiger partial charge in [-0.15, -0.1) is 10.2 Å². The molecule has 2 aromatic heterocycles. The average molecular weight is 294 g/mol. The largest absolute Gasteiger partial charge is 0.477 e. The number of hydrogen-bond acceptors (Lipinski definition) is 5. The maximum absolute atomic E-state index is 12.1. The van der Waals surface area contributed by atoms with Crippen LogP contribution in [0.2, 0.25) is 0 Å². The summed E-state index contributed by atoms with van der Waals surface area (Å²) in [4.78, 5) is 16.4. The normalized spacial score (nSPS) is 10.4. The molecule has 6 nitrogen and oxygen atoms in total. The van der Waals surface area contributed by atoms with E-state index in [0.717, 1.165) is 10.9 Å². The van der Waals surface area contributed by atoms with Crippen LogP contribution in [0.4, 0.5) is 5.69 Å². The first-order valence-electron chi connectivity index (χ1n) is 6.89. The highest BCUT2D eigenvalue weighted by Gasteiger charge is 2.09. The third-order valence-corrected chi connectivity index (χ3v) is 3.03. The summed E-state index contributed by atoms with van der Waals surface area (Å²) in [5.74, 6) is 0.0784. The smallest absolute Gasteiger partial charge is 0.276 e. The number of amides is 1. The van der Waals surface area contributed by atoms with Gasteiger partial charge in [0.25, 0.3) is 5.91 Å². The fraction of sp³-hybridized carbons (Fsp3) is 0.125. The van der Waals surface area contributed by atoms with Gasteiger partial charge in [-0.25, -0.2) is 0 Å². The number of ether oxygens (including phenoxy) is 1. The Morgan fingerprint density at radius 2 is 2.09 bits per heavy atom. The second-order valence-corrected chi connectivity index (χ2v) is 4.55. The standard InChI is InChI=1S/C16H14N4O2/c1-2-22-15-8-7-14(19-20-15)16(21)18-12-5-6-13-11(10-12)4-3-9-17-13/h3-10H,2H2,1H3,(H,18,21). The fourth-order valence-electron chi connectivity index (χ4n) is 2.01. The highest BCUT2D eigenvalue weighted by molar-refractivity contribution is 6.03. The second-order valence-electron chi connectivity index (χ2n) is 4.55. The molecule has 6 heteroatoms. The Bertz CT molecular complexity index is 803. The summed E-state index contributed by atoms with van der Waals surface area (Å²) in [6.07, 6.45) is 1.73. The van der Waals surface area contributed by atoms with Gasteiger partial charge in [0, 0.05) is 23.3 Å². The molecule has 0 saturated heterocycles. The van der Waals surface area contributed by atoms with E-state index in [9.17, 15) is 4.79 Å². The van der Waals surface area contributed by atoms with E-state index >= 15 is 0 Å². The van der Waals surface area contributed by atoms with Crippen LogP contribution >= 0.6 is 0 Å². The number of benzene rings is 1. The topological polar surface area (TPSA) is 77.0 Å². The van der Waals surface area contributed by atoms with Gasteiger partial charge in [-0.05, 0) is 37.3 Å². The molecule has 0 atom stereocenters. The van der Waals surface area contributed by atoms with Crippen LogP contribution in [0, 0.1) is 0 Å². The van der Waals surface area contributed by atoms with E-state index in [1.54, 1.807) is 24.4 Å². The Morgan fingerprint density at radius 3 is 2.86 bits per heavy atom. The van der Waals surface area contributed by atoms with Gasteiger partial charge in [0.1, 0.15) is 0 Å². The van der Waals surface area contributed by atoms with Crippen molar-refractivity contribution in [1.29, 1.82) is 0 Å². The molecule has 1 amide bonds. The number of pyridine rings is 1. The zero-order valence-electron chi connectivity index (χ0n) is 12.0. The van der Waals surface area contributed by atoms with Gasteiger partial charge >= 0.3 is 0 Å². The Balaban J connectivity index is 1.77. The predicted molar refractivity (Wildman–Crippen MR) is 82.9 cm³/mol. The van der Waals surface area contributed by atoms with E-state index in [4.69, 9.17) is 4.74 Å². The molecular formula is C16H14N4O2. The van der Waals surface area contributed by atoms with Crippen molar-refractivity contribution >= 4 is 22.5 Å². The van der Waals surface area contributed by atoms with Crippen LogP contribution < -0.4 is 10.1 Å². The SMILES string of the molecule is CCOc1ccc(C(=O)Nc2ccc3ncccc3c2)nn1. The van der Waals surface area contributed by atoms with Crippen LogP contribution in [0.15, 0.2) is 48.7 Å². The number of carbonyl (C=O) groups excluding carboxylic acids is 1. The highest BCUT2D eigenvalue weighted by Crippen LogP contribution is 2.17. The molecule has 0 aliphatic heterocycles. The quantitative estimate of drug-likeness (QED) is 0.800. The summed E-state index contributed by atoms with van der Waals surface area (Å²) >= 11 is 0. The molecule has 22 heavy (non-hydrogen) atoms. The lowest BCUT2D eigenvalue weighted by Gasteiger charge is -2.06. The van der Waals surface area contributed by atoms with Gasteiger partial charge in [0.2, 0.25) is 5.88 Å². The van der Waals surface area contributed by atoms with Crippen LogP contribution in [0.5, 0.6) is 5.88 Å². The number of aromatic nitrogens is 3. The minimum Gasteiger partial charge on any atom is -0.477 e. The average Bonchev–Trinajstić information content (AvgIpc) is 2.56. The van der Waals surface area contributed by atoms with Crippen LogP contribution in [0.25, 0.3) is 10.9 Å². The molecule has 110 valence electrons. The summed E-state index contributed by atoms with van der Waals surface area (Å²) in [5.41, 5.74) is 1.79. The number of anilines is 1. The minimum absolute atomic E-state index is 0.231. The molecule has 3 aromatic rings. The van der Waals surface area contributed by atoms with Gasteiger partial charge in [0.15, 0.2) is 5.69 Å². The van der Waals surface area contributed by atoms with Crippen LogP contribution in [0.1, 0.15) is 17.4 Å². The van der Waals surface area contributed by atoms with Crippen LogP contribution in [-0.2, 0) is 0 Å². The molecule has 0 fully saturated rings. The van der Waals surface area contributed by atoms with Crippen molar-refractivity contribution in [2.75, 3.05) is 11.9 Å². The van der Waals surface area contributed by atoms with Crippen LogP contribution in [0.3, 0.4) is 0 Å². The van der Waals surface area contributed by atoms with Crippen molar-refractivity contribution in [2.45, 2.75) is 6.92 Å². The minimum atomic E-state index is -0.321. The number of nitrogens with zero attached hydrogens (tertiary/aromatic N) is 3. The second kappa shape index (κ2) is 6.17. The third-order valence-electron chi connectivity index (χ3n) is 3.03. The molecule has 0 unspecified atom stereocenters. The maximum Gasteiger partial charge on any atom is 0.276 e. The van der Waals surface area contributed by atoms with E-state index < -0.39 is 0 Å². The number of hydrogen-bond donors (Lipinski definition) is 1. The monoisotopic (exact) mass is 294 g/mol. The van der Waals surface area contributed by atoms with E-state index in [-0.39, 0.29) is 11.6 Å². The van der Waals surface area contributed by atoms with Crippen molar-refractivity contribution in [3.63, 3.8) is 0 Å². The number of nitrogens with one attached hydrogen (secondary N) is 1. The van der Waals surface area contributed by atoms with Gasteiger partial charge in [-0.1, -0.05) is 6.07 Å². The molecule has 0 aliphatic rings. The molecule has 2 heterocycles. The lowest BCUT2D eigenvalue weighted by atomic mass is 10.2. The molecule has 1 aromatic carbocycles. The summed E-state index contributed by atoms with van der Waals surface area (Å²) < 4.78 is 5.19. The van der Waals surface area contributed by atoms with Crippen molar-refractivity contribution < 1.29 is 9.53 Å². The number of rotatable bonds is 4. The highest BCUT2D eigenvalue weighted by atomic mass is 16.5. The first kappa shape index (κ1) is 13.9. The third kappa shape index (κ3) is 3.01. The van der Waals surface area contributed by atoms with E-state index in [1.165, 1.54) is 0 Å². The Labute approximate surface area is 127 Å². The first-order valence-corrected chi connectivity index (χ1v) is 6.89. The van der Waals surface area contributed by atoms with Crippen LogP contribution in [-0.4, -0.2) is 27.7 Å². The summed E-state index contributed by atoms with van der Waals surface area (Å²) in [6, 6.07) is 12.5. The maximum atomic E-state index is 12.1. The summed E-state index contributed by atoms with van der Waals surface area (Å²) in [6.45, 7) is 2.36. The van der Waals surface area contributed by atoms with Crippen molar-refractivity contribution in [1.82, 2.24) is 15.2 Å². The van der Waals surface area contributed by atoms with Gasteiger partial charge in [-0.3, -0.25) is 9.78 Å². The van der Waals surface area contributed by atoms with E-state index in [0.29, 0.717) is 18.2 Å². The molecule has 0 saturated carbocycles. The molecule has 0 radical (unpaired) electrons. The molecule has 0 bridgehead atoms. The molecule has 0 spiro atoms.